The van der Waals surface area contributed by atoms with Gasteiger partial charge in [0.2, 0.25) is 0 Å². The standard InChI is InChI=1S/C64H43B2N3/c1-4-20-48-40-51(37-34-43(48)16-1)67-59-31-13-24-47-25-15-33-61(62(47)59)69(53-39-36-45-18-3-6-22-50(45)42-53)66-64-57-29-11-9-27-55(57)63(56-28-10-12-30-58(56)64)65-68(52-38-35-44-17-2-5-21-49(44)41-52)60-32-14-23-46-19-7-8-26-54(46)60/h1-42,67H/q-1. The normalized spacial score (nSPS) is 11.5. The summed E-state index contributed by atoms with van der Waals surface area (Å²) in [7, 11) is 4.75. The first kappa shape index (κ1) is 40.5. The van der Waals surface area contributed by atoms with E-state index in [1.807, 2.05) is 0 Å². The summed E-state index contributed by atoms with van der Waals surface area (Å²) in [6.45, 7) is 0. The Kier molecular flexibility index (Phi) is 10.1. The van der Waals surface area contributed by atoms with Crippen molar-refractivity contribution in [2.24, 2.45) is 0 Å². The summed E-state index contributed by atoms with van der Waals surface area (Å²) in [5.41, 5.74) is 8.76. The molecular formula is C64H43B2N3-. The number of benzene rings is 13. The highest BCUT2D eigenvalue weighted by atomic mass is 15.1. The van der Waals surface area contributed by atoms with E-state index in [-0.39, 0.29) is 0 Å². The van der Waals surface area contributed by atoms with Crippen LogP contribution in [0.3, 0.4) is 0 Å². The topological polar surface area (TPSA) is 18.5 Å². The zero-order valence-corrected chi connectivity index (χ0v) is 37.8. The lowest BCUT2D eigenvalue weighted by Crippen LogP contribution is -2.38. The molecule has 13 aromatic carbocycles. The van der Waals surface area contributed by atoms with Gasteiger partial charge >= 0.3 is 0 Å². The molecule has 69 heavy (non-hydrogen) atoms. The van der Waals surface area contributed by atoms with Gasteiger partial charge in [0.1, 0.15) is 0 Å². The van der Waals surface area contributed by atoms with Gasteiger partial charge in [-0.25, -0.2) is 5.46 Å². The number of nitrogens with one attached hydrogen (secondary N) is 1. The summed E-state index contributed by atoms with van der Waals surface area (Å²) in [6.07, 6.45) is 0. The van der Waals surface area contributed by atoms with E-state index in [1.165, 1.54) is 64.6 Å². The third-order valence-corrected chi connectivity index (χ3v) is 13.8. The molecule has 0 aliphatic carbocycles. The third kappa shape index (κ3) is 7.37. The van der Waals surface area contributed by atoms with Crippen molar-refractivity contribution < 1.29 is 0 Å². The van der Waals surface area contributed by atoms with Crippen molar-refractivity contribution in [1.29, 1.82) is 0 Å². The Morgan fingerprint density at radius 2 is 0.797 bits per heavy atom. The molecule has 0 saturated carbocycles. The SMILES string of the molecule is [B](c1c2ccccc2c([B-]N(c2ccc3ccccc3c2)c2cccc3ccccc23)c2ccccc12)N(c1ccc2ccccc2c1)c1cccc2cccc(Nc3ccc4ccccc4c3)c12. The summed E-state index contributed by atoms with van der Waals surface area (Å²) in [5, 5.41) is 20.4. The predicted molar refractivity (Wildman–Crippen MR) is 300 cm³/mol. The van der Waals surface area contributed by atoms with E-state index in [2.05, 4.69) is 285 Å². The molecule has 0 fully saturated rings. The van der Waals surface area contributed by atoms with Gasteiger partial charge in [0.25, 0.3) is 7.41 Å². The molecule has 1 N–H and O–H groups in total. The Morgan fingerprint density at radius 3 is 1.45 bits per heavy atom. The van der Waals surface area contributed by atoms with E-state index in [9.17, 15) is 0 Å². The fourth-order valence-electron chi connectivity index (χ4n) is 10.4. The minimum absolute atomic E-state index is 1.04. The highest BCUT2D eigenvalue weighted by Crippen LogP contribution is 2.40. The second-order valence-electron chi connectivity index (χ2n) is 17.8. The summed E-state index contributed by atoms with van der Waals surface area (Å²) in [6, 6.07) is 92.4. The molecule has 0 aliphatic heterocycles. The smallest absolute Gasteiger partial charge is 0.292 e. The monoisotopic (exact) mass is 875 g/mol. The second-order valence-corrected chi connectivity index (χ2v) is 17.8. The van der Waals surface area contributed by atoms with Crippen LogP contribution in [0.4, 0.5) is 34.1 Å². The number of nitrogens with zero attached hydrogens (tertiary/aromatic N) is 2. The number of fused-ring (bicyclic) bond motifs is 7. The third-order valence-electron chi connectivity index (χ3n) is 13.8. The Balaban J connectivity index is 1.01. The van der Waals surface area contributed by atoms with Gasteiger partial charge in [-0.05, 0) is 120 Å². The van der Waals surface area contributed by atoms with E-state index < -0.39 is 0 Å². The first-order chi connectivity index (χ1) is 34.2. The Hall–Kier alpha value is -8.79. The molecule has 0 saturated heterocycles. The average molecular weight is 876 g/mol. The summed E-state index contributed by atoms with van der Waals surface area (Å²) >= 11 is 0. The molecule has 0 aliphatic rings. The lowest BCUT2D eigenvalue weighted by molar-refractivity contribution is 1.43. The van der Waals surface area contributed by atoms with Gasteiger partial charge in [-0.2, -0.15) is 7.41 Å². The first-order valence-electron chi connectivity index (χ1n) is 23.6. The lowest BCUT2D eigenvalue weighted by Gasteiger charge is -2.42. The van der Waals surface area contributed by atoms with Crippen LogP contribution in [0.1, 0.15) is 0 Å². The number of anilines is 6. The van der Waals surface area contributed by atoms with Crippen molar-refractivity contribution in [2.45, 2.75) is 0 Å². The molecule has 0 unspecified atom stereocenters. The minimum Gasteiger partial charge on any atom is -0.579 e. The Bertz CT molecular complexity index is 4040. The zero-order chi connectivity index (χ0) is 45.7. The number of hydrogen-bond donors (Lipinski definition) is 1. The zero-order valence-electron chi connectivity index (χ0n) is 37.8. The van der Waals surface area contributed by atoms with Crippen molar-refractivity contribution in [3.05, 3.63) is 255 Å². The average Bonchev–Trinajstić information content (AvgIpc) is 3.41. The molecule has 321 valence electrons. The fourth-order valence-corrected chi connectivity index (χ4v) is 10.4. The highest BCUT2D eigenvalue weighted by Gasteiger charge is 2.22. The van der Waals surface area contributed by atoms with Crippen molar-refractivity contribution in [2.75, 3.05) is 14.9 Å². The second kappa shape index (κ2) is 17.1. The van der Waals surface area contributed by atoms with Crippen LogP contribution in [-0.4, -0.2) is 14.8 Å². The van der Waals surface area contributed by atoms with E-state index in [4.69, 9.17) is 0 Å². The van der Waals surface area contributed by atoms with Gasteiger partial charge in [-0.3, -0.25) is 0 Å². The minimum atomic E-state index is 1.04. The van der Waals surface area contributed by atoms with Crippen LogP contribution in [-0.2, 0) is 0 Å². The van der Waals surface area contributed by atoms with Crippen molar-refractivity contribution in [3.63, 3.8) is 0 Å². The van der Waals surface area contributed by atoms with Crippen molar-refractivity contribution in [1.82, 2.24) is 0 Å². The van der Waals surface area contributed by atoms with Gasteiger partial charge < -0.3 is 14.9 Å². The van der Waals surface area contributed by atoms with Crippen LogP contribution in [0.25, 0.3) is 75.4 Å². The van der Waals surface area contributed by atoms with E-state index in [1.54, 1.807) is 0 Å². The largest absolute Gasteiger partial charge is 0.579 e. The summed E-state index contributed by atoms with van der Waals surface area (Å²) < 4.78 is 0. The molecule has 3 radical (unpaired) electrons. The molecule has 0 aromatic heterocycles. The Labute approximate surface area is 403 Å². The van der Waals surface area contributed by atoms with Gasteiger partial charge in [-0.1, -0.05) is 211 Å². The van der Waals surface area contributed by atoms with E-state index in [0.29, 0.717) is 0 Å². The van der Waals surface area contributed by atoms with E-state index >= 15 is 0 Å². The quantitative estimate of drug-likeness (QED) is 0.109. The molecule has 5 heteroatoms. The molecule has 0 atom stereocenters. The van der Waals surface area contributed by atoms with Crippen molar-refractivity contribution in [3.8, 4) is 0 Å². The summed E-state index contributed by atoms with van der Waals surface area (Å²) in [4.78, 5) is 4.81. The van der Waals surface area contributed by atoms with Gasteiger partial charge in [0.05, 0.1) is 0 Å². The van der Waals surface area contributed by atoms with Crippen LogP contribution in [0.15, 0.2) is 255 Å². The molecule has 0 spiro atoms. The first-order valence-corrected chi connectivity index (χ1v) is 23.6. The molecule has 13 aromatic rings. The lowest BCUT2D eigenvalue weighted by atomic mass is 9.67. The number of rotatable bonds is 10. The maximum atomic E-state index is 3.86. The molecule has 0 bridgehead atoms. The molecule has 0 heterocycles. The van der Waals surface area contributed by atoms with Gasteiger partial charge in [0.15, 0.2) is 0 Å². The maximum absolute atomic E-state index is 3.86. The molecular weight excluding hydrogens is 832 g/mol. The van der Waals surface area contributed by atoms with Crippen LogP contribution >= 0.6 is 0 Å². The van der Waals surface area contributed by atoms with Gasteiger partial charge in [0, 0.05) is 39.2 Å². The fraction of sp³-hybridized carbons (Fsp3) is 0. The highest BCUT2D eigenvalue weighted by molar-refractivity contribution is 6.71. The molecule has 13 rings (SSSR count). The van der Waals surface area contributed by atoms with Crippen LogP contribution in [0.5, 0.6) is 0 Å². The van der Waals surface area contributed by atoms with Crippen LogP contribution < -0.4 is 25.9 Å². The summed E-state index contributed by atoms with van der Waals surface area (Å²) in [5.74, 6) is 0. The number of hydrogen-bond acceptors (Lipinski definition) is 3. The van der Waals surface area contributed by atoms with Crippen LogP contribution in [0.2, 0.25) is 0 Å². The molecule has 0 amide bonds. The van der Waals surface area contributed by atoms with E-state index in [0.717, 1.165) is 55.8 Å². The van der Waals surface area contributed by atoms with Gasteiger partial charge in [-0.15, -0.1) is 0 Å². The van der Waals surface area contributed by atoms with Crippen molar-refractivity contribution >= 4 is 135 Å². The van der Waals surface area contributed by atoms with Crippen LogP contribution in [0, 0.1) is 0 Å². The Morgan fingerprint density at radius 1 is 0.333 bits per heavy atom. The predicted octanol–water partition coefficient (Wildman–Crippen LogP) is 15.7. The molecule has 3 nitrogen and oxygen atoms in total. The maximum Gasteiger partial charge on any atom is 0.292 e.